The van der Waals surface area contributed by atoms with E-state index in [0.717, 1.165) is 11.8 Å². The van der Waals surface area contributed by atoms with E-state index in [4.69, 9.17) is 9.47 Å². The number of thioether (sulfide) groups is 1. The molecule has 0 aromatic heterocycles. The number of ether oxygens (including phenoxy) is 2. The van der Waals surface area contributed by atoms with Crippen molar-refractivity contribution in [1.82, 2.24) is 5.32 Å². The minimum Gasteiger partial charge on any atom is -0.493 e. The van der Waals surface area contributed by atoms with Crippen molar-refractivity contribution < 1.29 is 41.4 Å². The number of hydrogen-bond donors (Lipinski definition) is 3. The summed E-state index contributed by atoms with van der Waals surface area (Å²) in [4.78, 5) is 39.3. The first-order valence-electron chi connectivity index (χ1n) is 13.5. The molecular weight excluding hydrogens is 626 g/mol. The molecule has 8 nitrogen and oxygen atoms in total. The highest BCUT2D eigenvalue weighted by molar-refractivity contribution is 8.00. The molecule has 0 saturated heterocycles. The Labute approximate surface area is 265 Å². The lowest BCUT2D eigenvalue weighted by Gasteiger charge is -2.14. The molecule has 0 saturated carbocycles. The van der Waals surface area contributed by atoms with Crippen LogP contribution in [0.2, 0.25) is 0 Å². The van der Waals surface area contributed by atoms with Gasteiger partial charge in [-0.1, -0.05) is 24.3 Å². The smallest absolute Gasteiger partial charge is 0.272 e. The predicted octanol–water partition coefficient (Wildman–Crippen LogP) is 6.79. The first-order chi connectivity index (χ1) is 22.0. The van der Waals surface area contributed by atoms with Gasteiger partial charge >= 0.3 is 0 Å². The van der Waals surface area contributed by atoms with E-state index in [2.05, 4.69) is 10.6 Å². The number of nitrogens with one attached hydrogen (secondary N) is 3. The molecule has 0 heterocycles. The van der Waals surface area contributed by atoms with Gasteiger partial charge in [0.25, 0.3) is 11.8 Å². The SMILES string of the molecule is COc1ccc(/C=C(\NC(=O)c2ccccc2)C(=O)Nc2ccc(SC(C)C(=O)Nc3c(F)c(F)cc(F)c3F)cc2)cc1OC. The second kappa shape index (κ2) is 15.1. The van der Waals surface area contributed by atoms with Gasteiger partial charge in [-0.3, -0.25) is 14.4 Å². The third-order valence-electron chi connectivity index (χ3n) is 6.40. The van der Waals surface area contributed by atoms with Crippen LogP contribution in [0.15, 0.2) is 89.5 Å². The zero-order valence-corrected chi connectivity index (χ0v) is 25.4. The second-order valence-corrected chi connectivity index (χ2v) is 11.0. The van der Waals surface area contributed by atoms with Crippen molar-refractivity contribution in [2.24, 2.45) is 0 Å². The summed E-state index contributed by atoms with van der Waals surface area (Å²) in [5, 5.41) is 6.30. The first kappa shape index (κ1) is 33.6. The van der Waals surface area contributed by atoms with E-state index in [-0.39, 0.29) is 11.8 Å². The number of rotatable bonds is 11. The molecule has 1 unspecified atom stereocenters. The molecule has 0 aliphatic rings. The molecular formula is C33H27F4N3O5S. The molecule has 3 amide bonds. The van der Waals surface area contributed by atoms with Gasteiger partial charge in [-0.2, -0.15) is 0 Å². The predicted molar refractivity (Wildman–Crippen MR) is 167 cm³/mol. The lowest BCUT2D eigenvalue weighted by Crippen LogP contribution is -2.30. The monoisotopic (exact) mass is 653 g/mol. The van der Waals surface area contributed by atoms with Gasteiger partial charge in [-0.25, -0.2) is 17.6 Å². The lowest BCUT2D eigenvalue weighted by atomic mass is 10.1. The first-order valence-corrected chi connectivity index (χ1v) is 14.4. The van der Waals surface area contributed by atoms with Crippen LogP contribution in [-0.4, -0.2) is 37.2 Å². The molecule has 0 fully saturated rings. The Balaban J connectivity index is 1.48. The summed E-state index contributed by atoms with van der Waals surface area (Å²) in [6, 6.07) is 19.6. The van der Waals surface area contributed by atoms with Crippen molar-refractivity contribution in [1.29, 1.82) is 0 Å². The Hall–Kier alpha value is -5.30. The third kappa shape index (κ3) is 8.24. The van der Waals surface area contributed by atoms with Crippen LogP contribution < -0.4 is 25.4 Å². The number of benzene rings is 4. The maximum Gasteiger partial charge on any atom is 0.272 e. The maximum absolute atomic E-state index is 14.0. The molecule has 3 N–H and O–H groups in total. The van der Waals surface area contributed by atoms with Gasteiger partial charge in [0.1, 0.15) is 11.4 Å². The Kier molecular flexibility index (Phi) is 11.0. The highest BCUT2D eigenvalue weighted by Crippen LogP contribution is 2.30. The molecule has 0 bridgehead atoms. The van der Waals surface area contributed by atoms with E-state index in [9.17, 15) is 31.9 Å². The topological polar surface area (TPSA) is 106 Å². The minimum atomic E-state index is -1.72. The Bertz CT molecular complexity index is 1760. The molecule has 0 spiro atoms. The number of methoxy groups -OCH3 is 2. The van der Waals surface area contributed by atoms with Crippen molar-refractivity contribution in [3.63, 3.8) is 0 Å². The summed E-state index contributed by atoms with van der Waals surface area (Å²) >= 11 is 0.992. The van der Waals surface area contributed by atoms with Crippen molar-refractivity contribution >= 4 is 46.9 Å². The van der Waals surface area contributed by atoms with Crippen molar-refractivity contribution in [3.8, 4) is 11.5 Å². The fraction of sp³-hybridized carbons (Fsp3) is 0.121. The van der Waals surface area contributed by atoms with Crippen LogP contribution in [0.5, 0.6) is 11.5 Å². The van der Waals surface area contributed by atoms with Crippen molar-refractivity contribution in [3.05, 3.63) is 119 Å². The summed E-state index contributed by atoms with van der Waals surface area (Å²) in [6.07, 6.45) is 1.47. The zero-order valence-electron chi connectivity index (χ0n) is 24.6. The summed E-state index contributed by atoms with van der Waals surface area (Å²) in [7, 11) is 2.96. The Morgan fingerprint density at radius 2 is 1.41 bits per heavy atom. The minimum absolute atomic E-state index is 0.0467. The third-order valence-corrected chi connectivity index (χ3v) is 7.51. The molecule has 0 aliphatic heterocycles. The Morgan fingerprint density at radius 1 is 0.783 bits per heavy atom. The van der Waals surface area contributed by atoms with Gasteiger partial charge in [0, 0.05) is 22.2 Å². The standard InChI is InChI=1S/C33H27F4N3O5S/c1-18(31(41)40-30-28(36)23(34)17-24(35)29(30)37)46-22-12-10-21(11-13-22)38-33(43)25(39-32(42)20-7-5-4-6-8-20)15-19-9-14-26(44-2)27(16-19)45-3/h4-18H,1-3H3,(H,38,43)(H,39,42)(H,40,41)/b25-15-. The van der Waals surface area contributed by atoms with Crippen LogP contribution in [0.3, 0.4) is 0 Å². The molecule has 4 aromatic carbocycles. The van der Waals surface area contributed by atoms with E-state index < -0.39 is 51.9 Å². The van der Waals surface area contributed by atoms with Crippen LogP contribution in [0, 0.1) is 23.3 Å². The normalized spacial score (nSPS) is 11.8. The second-order valence-electron chi connectivity index (χ2n) is 9.56. The van der Waals surface area contributed by atoms with Crippen LogP contribution in [-0.2, 0) is 9.59 Å². The number of halogens is 4. The van der Waals surface area contributed by atoms with Gasteiger partial charge in [-0.05, 0) is 67.1 Å². The highest BCUT2D eigenvalue weighted by atomic mass is 32.2. The van der Waals surface area contributed by atoms with Gasteiger partial charge in [0.05, 0.1) is 19.5 Å². The van der Waals surface area contributed by atoms with Gasteiger partial charge in [0.2, 0.25) is 5.91 Å². The number of carbonyl (C=O) groups is 3. The molecule has 4 rings (SSSR count). The number of carbonyl (C=O) groups excluding carboxylic acids is 3. The summed E-state index contributed by atoms with van der Waals surface area (Å²) in [5.41, 5.74) is -0.0719. The average molecular weight is 654 g/mol. The lowest BCUT2D eigenvalue weighted by molar-refractivity contribution is -0.115. The fourth-order valence-corrected chi connectivity index (χ4v) is 4.90. The number of hydrogen-bond acceptors (Lipinski definition) is 6. The van der Waals surface area contributed by atoms with Gasteiger partial charge in [0.15, 0.2) is 34.8 Å². The van der Waals surface area contributed by atoms with Crippen molar-refractivity contribution in [2.75, 3.05) is 24.9 Å². The zero-order chi connectivity index (χ0) is 33.4. The molecule has 13 heteroatoms. The molecule has 238 valence electrons. The molecule has 0 aliphatic carbocycles. The maximum atomic E-state index is 14.0. The molecule has 4 aromatic rings. The van der Waals surface area contributed by atoms with Gasteiger partial charge < -0.3 is 25.4 Å². The summed E-state index contributed by atoms with van der Waals surface area (Å²) < 4.78 is 65.5. The van der Waals surface area contributed by atoms with Crippen LogP contribution >= 0.6 is 11.8 Å². The van der Waals surface area contributed by atoms with Crippen LogP contribution in [0.4, 0.5) is 28.9 Å². The quantitative estimate of drug-likeness (QED) is 0.0713. The summed E-state index contributed by atoms with van der Waals surface area (Å²) in [6.45, 7) is 1.43. The largest absolute Gasteiger partial charge is 0.493 e. The van der Waals surface area contributed by atoms with Crippen molar-refractivity contribution in [2.45, 2.75) is 17.1 Å². The molecule has 0 radical (unpaired) electrons. The Morgan fingerprint density at radius 3 is 2.02 bits per heavy atom. The van der Waals surface area contributed by atoms with E-state index in [0.29, 0.717) is 33.2 Å². The van der Waals surface area contributed by atoms with Crippen LogP contribution in [0.25, 0.3) is 6.08 Å². The number of amides is 3. The van der Waals surface area contributed by atoms with E-state index >= 15 is 0 Å². The molecule has 46 heavy (non-hydrogen) atoms. The van der Waals surface area contributed by atoms with E-state index in [1.165, 1.54) is 27.2 Å². The van der Waals surface area contributed by atoms with E-state index in [1.54, 1.807) is 72.8 Å². The average Bonchev–Trinajstić information content (AvgIpc) is 3.06. The van der Waals surface area contributed by atoms with Gasteiger partial charge in [-0.15, -0.1) is 11.8 Å². The summed E-state index contributed by atoms with van der Waals surface area (Å²) in [5.74, 6) is -7.88. The molecule has 1 atom stereocenters. The van der Waals surface area contributed by atoms with E-state index in [1.807, 2.05) is 5.32 Å². The number of anilines is 2. The fourth-order valence-electron chi connectivity index (χ4n) is 4.03. The van der Waals surface area contributed by atoms with Crippen LogP contribution in [0.1, 0.15) is 22.8 Å². The highest BCUT2D eigenvalue weighted by Gasteiger charge is 2.24.